The first-order valence-electron chi connectivity index (χ1n) is 7.62. The average molecular weight is 343 g/mol. The van der Waals surface area contributed by atoms with Crippen molar-refractivity contribution < 1.29 is 19.4 Å². The van der Waals surface area contributed by atoms with Gasteiger partial charge in [-0.2, -0.15) is 0 Å². The molecule has 5 nitrogen and oxygen atoms in total. The van der Waals surface area contributed by atoms with E-state index in [9.17, 15) is 9.90 Å². The second kappa shape index (κ2) is 5.72. The van der Waals surface area contributed by atoms with Crippen molar-refractivity contribution in [1.29, 1.82) is 0 Å². The summed E-state index contributed by atoms with van der Waals surface area (Å²) >= 11 is 1.56. The van der Waals surface area contributed by atoms with E-state index in [-0.39, 0.29) is 5.91 Å². The van der Waals surface area contributed by atoms with Gasteiger partial charge in [0.2, 0.25) is 0 Å². The van der Waals surface area contributed by atoms with Gasteiger partial charge >= 0.3 is 0 Å². The van der Waals surface area contributed by atoms with Crippen LogP contribution in [0.4, 0.5) is 0 Å². The second-order valence-corrected chi connectivity index (χ2v) is 6.76. The number of rotatable bonds is 2. The van der Waals surface area contributed by atoms with Crippen molar-refractivity contribution in [2.75, 3.05) is 20.1 Å². The van der Waals surface area contributed by atoms with Gasteiger partial charge < -0.3 is 19.5 Å². The molecular formula is C18H17NO4S. The van der Waals surface area contributed by atoms with Crippen LogP contribution in [0.15, 0.2) is 41.3 Å². The number of carbonyl (C=O) groups excluding carboxylic acids is 1. The predicted molar refractivity (Wildman–Crippen MR) is 90.6 cm³/mol. The molecule has 1 N–H and O–H groups in total. The lowest BCUT2D eigenvalue weighted by molar-refractivity contribution is 0.0298. The molecule has 6 heteroatoms. The van der Waals surface area contributed by atoms with Gasteiger partial charge in [0.15, 0.2) is 11.5 Å². The number of nitrogens with zero attached hydrogens (tertiary/aromatic N) is 1. The second-order valence-electron chi connectivity index (χ2n) is 5.77. The normalized spacial score (nSPS) is 21.6. The van der Waals surface area contributed by atoms with Gasteiger partial charge in [0.1, 0.15) is 6.10 Å². The average Bonchev–Trinajstić information content (AvgIpc) is 2.64. The van der Waals surface area contributed by atoms with Gasteiger partial charge in [-0.3, -0.25) is 4.79 Å². The van der Waals surface area contributed by atoms with E-state index >= 15 is 0 Å². The third-order valence-corrected chi connectivity index (χ3v) is 5.67. The lowest BCUT2D eigenvalue weighted by atomic mass is 9.87. The summed E-state index contributed by atoms with van der Waals surface area (Å²) in [5, 5.41) is 10.9. The molecule has 2 aliphatic heterocycles. The van der Waals surface area contributed by atoms with E-state index < -0.39 is 12.1 Å². The quantitative estimate of drug-likeness (QED) is 0.908. The van der Waals surface area contributed by atoms with E-state index in [4.69, 9.17) is 9.47 Å². The van der Waals surface area contributed by atoms with E-state index in [1.807, 2.05) is 30.3 Å². The summed E-state index contributed by atoms with van der Waals surface area (Å²) in [6.07, 6.45) is -0.767. The lowest BCUT2D eigenvalue weighted by Crippen LogP contribution is -2.44. The Morgan fingerprint density at radius 2 is 1.83 bits per heavy atom. The molecule has 124 valence electrons. The van der Waals surface area contributed by atoms with Crippen LogP contribution in [0.5, 0.6) is 11.5 Å². The Morgan fingerprint density at radius 1 is 1.12 bits per heavy atom. The zero-order valence-electron chi connectivity index (χ0n) is 13.4. The zero-order chi connectivity index (χ0) is 16.8. The fraction of sp³-hybridized carbons (Fsp3) is 0.278. The molecule has 2 aromatic carbocycles. The number of amides is 1. The number of methoxy groups -OCH3 is 2. The van der Waals surface area contributed by atoms with Crippen molar-refractivity contribution in [3.05, 3.63) is 53.1 Å². The Bertz CT molecular complexity index is 823. The van der Waals surface area contributed by atoms with Crippen LogP contribution in [0.25, 0.3) is 0 Å². The topological polar surface area (TPSA) is 59.0 Å². The number of benzene rings is 2. The van der Waals surface area contributed by atoms with Crippen molar-refractivity contribution in [2.24, 2.45) is 0 Å². The fourth-order valence-electron chi connectivity index (χ4n) is 3.42. The third kappa shape index (κ3) is 2.10. The summed E-state index contributed by atoms with van der Waals surface area (Å²) in [5.41, 5.74) is 2.14. The van der Waals surface area contributed by atoms with Crippen LogP contribution >= 0.6 is 11.8 Å². The molecule has 4 rings (SSSR count). The fourth-order valence-corrected chi connectivity index (χ4v) is 4.51. The number of fused-ring (bicyclic) bond motifs is 4. The van der Waals surface area contributed by atoms with Crippen molar-refractivity contribution in [3.63, 3.8) is 0 Å². The molecule has 0 aromatic heterocycles. The Balaban J connectivity index is 1.88. The minimum absolute atomic E-state index is 0.0474. The number of carbonyl (C=O) groups is 1. The van der Waals surface area contributed by atoms with E-state index in [2.05, 4.69) is 0 Å². The van der Waals surface area contributed by atoms with Gasteiger partial charge in [-0.15, -0.1) is 11.8 Å². The number of aliphatic hydroxyl groups excluding tert-OH is 1. The van der Waals surface area contributed by atoms with Gasteiger partial charge in [-0.25, -0.2) is 0 Å². The Hall–Kier alpha value is -2.18. The smallest absolute Gasteiger partial charge is 0.255 e. The van der Waals surface area contributed by atoms with Crippen molar-refractivity contribution in [1.82, 2.24) is 4.90 Å². The molecule has 0 spiro atoms. The first kappa shape index (κ1) is 15.4. The number of ether oxygens (including phenoxy) is 2. The monoisotopic (exact) mass is 343 g/mol. The molecule has 0 fully saturated rings. The molecule has 2 atom stereocenters. The highest BCUT2D eigenvalue weighted by Crippen LogP contribution is 2.50. The van der Waals surface area contributed by atoms with Crippen LogP contribution < -0.4 is 9.47 Å². The molecule has 2 aliphatic rings. The molecule has 0 aliphatic carbocycles. The summed E-state index contributed by atoms with van der Waals surface area (Å²) in [6.45, 7) is 0. The summed E-state index contributed by atoms with van der Waals surface area (Å²) < 4.78 is 10.8. The first-order chi connectivity index (χ1) is 11.7. The molecule has 0 bridgehead atoms. The third-order valence-electron chi connectivity index (χ3n) is 4.60. The Kier molecular flexibility index (Phi) is 3.66. The highest BCUT2D eigenvalue weighted by atomic mass is 32.2. The molecule has 0 saturated carbocycles. The first-order valence-corrected chi connectivity index (χ1v) is 8.61. The molecule has 2 heterocycles. The van der Waals surface area contributed by atoms with E-state index in [0.717, 1.165) is 10.5 Å². The van der Waals surface area contributed by atoms with Crippen LogP contribution in [0, 0.1) is 0 Å². The zero-order valence-corrected chi connectivity index (χ0v) is 14.2. The minimum atomic E-state index is -0.767. The number of hydrogen-bond donors (Lipinski definition) is 1. The summed E-state index contributed by atoms with van der Waals surface area (Å²) in [5.74, 6) is 1.69. The predicted octanol–water partition coefficient (Wildman–Crippen LogP) is 3.00. The Morgan fingerprint density at radius 3 is 2.58 bits per heavy atom. The molecular weight excluding hydrogens is 326 g/mol. The lowest BCUT2D eigenvalue weighted by Gasteiger charge is -2.43. The molecule has 0 radical (unpaired) electrons. The summed E-state index contributed by atoms with van der Waals surface area (Å²) in [7, 11) is 3.18. The largest absolute Gasteiger partial charge is 0.493 e. The highest BCUT2D eigenvalue weighted by Gasteiger charge is 2.43. The molecule has 2 aromatic rings. The molecule has 24 heavy (non-hydrogen) atoms. The van der Waals surface area contributed by atoms with Crippen LogP contribution in [0.1, 0.15) is 33.6 Å². The van der Waals surface area contributed by atoms with E-state index in [0.29, 0.717) is 28.5 Å². The molecule has 1 unspecified atom stereocenters. The van der Waals surface area contributed by atoms with Crippen molar-refractivity contribution in [3.8, 4) is 11.5 Å². The van der Waals surface area contributed by atoms with Crippen molar-refractivity contribution in [2.45, 2.75) is 17.0 Å². The standard InChI is InChI=1S/C18H17NO4S/c1-22-13-7-12-15(8-14(13)23-2)24-9-19-16(12)17(20)10-5-3-4-6-11(10)18(19)21/h3-8,16-17,20H,9H2,1-2H3/t16?,17-/m0/s1. The number of hydrogen-bond acceptors (Lipinski definition) is 5. The van der Waals surface area contributed by atoms with Gasteiger partial charge in [-0.05, 0) is 29.3 Å². The highest BCUT2D eigenvalue weighted by molar-refractivity contribution is 7.99. The maximum Gasteiger partial charge on any atom is 0.255 e. The van der Waals surface area contributed by atoms with Gasteiger partial charge in [0.25, 0.3) is 5.91 Å². The van der Waals surface area contributed by atoms with Gasteiger partial charge in [0, 0.05) is 10.5 Å². The van der Waals surface area contributed by atoms with Gasteiger partial charge in [0.05, 0.1) is 26.1 Å². The number of thioether (sulfide) groups is 1. The van der Waals surface area contributed by atoms with Crippen molar-refractivity contribution >= 4 is 17.7 Å². The molecule has 0 saturated heterocycles. The maximum atomic E-state index is 12.8. The summed E-state index contributed by atoms with van der Waals surface area (Å²) in [4.78, 5) is 15.6. The maximum absolute atomic E-state index is 12.8. The molecule has 1 amide bonds. The number of aliphatic hydroxyl groups is 1. The Labute approximate surface area is 144 Å². The van der Waals surface area contributed by atoms with Crippen LogP contribution in [0.3, 0.4) is 0 Å². The van der Waals surface area contributed by atoms with E-state index in [1.165, 1.54) is 0 Å². The van der Waals surface area contributed by atoms with Crippen LogP contribution in [0.2, 0.25) is 0 Å². The van der Waals surface area contributed by atoms with Crippen LogP contribution in [-0.4, -0.2) is 36.0 Å². The van der Waals surface area contributed by atoms with Crippen LogP contribution in [-0.2, 0) is 0 Å². The minimum Gasteiger partial charge on any atom is -0.493 e. The van der Waals surface area contributed by atoms with Gasteiger partial charge in [-0.1, -0.05) is 18.2 Å². The summed E-state index contributed by atoms with van der Waals surface area (Å²) in [6, 6.07) is 10.6. The van der Waals surface area contributed by atoms with E-state index in [1.54, 1.807) is 36.9 Å². The SMILES string of the molecule is COc1cc2c(cc1OC)C1[C@@H](O)c3ccccc3C(=O)N1CS2.